The molecule has 1 aromatic rings. The van der Waals surface area contributed by atoms with Gasteiger partial charge in [0, 0.05) is 20.1 Å². The molecule has 0 atom stereocenters. The molecule has 0 aliphatic carbocycles. The van der Waals surface area contributed by atoms with Gasteiger partial charge in [-0.3, -0.25) is 0 Å². The van der Waals surface area contributed by atoms with Crippen molar-refractivity contribution < 1.29 is 0 Å². The molecule has 7 heteroatoms. The lowest BCUT2D eigenvalue weighted by molar-refractivity contribution is 0.728. The fourth-order valence-electron chi connectivity index (χ4n) is 1.66. The fraction of sp³-hybridized carbons (Fsp3) is 0.643. The minimum absolute atomic E-state index is 0.509. The maximum Gasteiger partial charge on any atom is 0.191 e. The smallest absolute Gasteiger partial charge is 0.191 e. The van der Waals surface area contributed by atoms with Crippen LogP contribution in [0.1, 0.15) is 24.5 Å². The van der Waals surface area contributed by atoms with Gasteiger partial charge in [0.25, 0.3) is 0 Å². The van der Waals surface area contributed by atoms with Crippen LogP contribution in [-0.4, -0.2) is 45.8 Å². The maximum atomic E-state index is 4.54. The van der Waals surface area contributed by atoms with E-state index in [0.29, 0.717) is 13.1 Å². The predicted octanol–water partition coefficient (Wildman–Crippen LogP) is 1.49. The number of unbranched alkanes of at least 4 members (excludes halogenated alkanes) is 1. The SMILES string of the molecule is C=CCNC(=NCc1nnc(C)n1C)NCCCCSC. The Morgan fingerprint density at radius 2 is 2.19 bits per heavy atom. The molecule has 0 bridgehead atoms. The number of guanidine groups is 1. The first-order valence-corrected chi connectivity index (χ1v) is 8.55. The fourth-order valence-corrected chi connectivity index (χ4v) is 2.15. The molecule has 0 aromatic carbocycles. The Bertz CT molecular complexity index is 454. The normalized spacial score (nSPS) is 11.5. The van der Waals surface area contributed by atoms with Crippen LogP contribution in [-0.2, 0) is 13.6 Å². The average molecular weight is 310 g/mol. The second-order valence-corrected chi connectivity index (χ2v) is 5.67. The van der Waals surface area contributed by atoms with Crippen molar-refractivity contribution in [2.24, 2.45) is 12.0 Å². The van der Waals surface area contributed by atoms with Crippen LogP contribution < -0.4 is 10.6 Å². The summed E-state index contributed by atoms with van der Waals surface area (Å²) in [6.45, 7) is 7.76. The van der Waals surface area contributed by atoms with Gasteiger partial charge in [0.15, 0.2) is 11.8 Å². The summed E-state index contributed by atoms with van der Waals surface area (Å²) in [6.07, 6.45) is 6.30. The molecule has 0 spiro atoms. The second kappa shape index (κ2) is 10.3. The van der Waals surface area contributed by atoms with E-state index >= 15 is 0 Å². The van der Waals surface area contributed by atoms with Gasteiger partial charge in [-0.05, 0) is 31.8 Å². The number of hydrogen-bond acceptors (Lipinski definition) is 4. The molecule has 0 amide bonds. The number of thioether (sulfide) groups is 1. The van der Waals surface area contributed by atoms with E-state index in [-0.39, 0.29) is 0 Å². The number of aromatic nitrogens is 3. The molecule has 0 radical (unpaired) electrons. The highest BCUT2D eigenvalue weighted by Crippen LogP contribution is 2.00. The van der Waals surface area contributed by atoms with Crippen molar-refractivity contribution in [2.75, 3.05) is 25.1 Å². The van der Waals surface area contributed by atoms with E-state index in [1.54, 1.807) is 0 Å². The maximum absolute atomic E-state index is 4.54. The molecule has 1 rings (SSSR count). The van der Waals surface area contributed by atoms with Crippen LogP contribution in [0, 0.1) is 6.92 Å². The van der Waals surface area contributed by atoms with Gasteiger partial charge in [-0.1, -0.05) is 6.08 Å². The molecule has 0 aliphatic rings. The Kier molecular flexibility index (Phi) is 8.57. The van der Waals surface area contributed by atoms with E-state index in [2.05, 4.69) is 38.7 Å². The Morgan fingerprint density at radius 3 is 2.81 bits per heavy atom. The van der Waals surface area contributed by atoms with Crippen LogP contribution in [0.5, 0.6) is 0 Å². The number of rotatable bonds is 9. The minimum Gasteiger partial charge on any atom is -0.356 e. The van der Waals surface area contributed by atoms with Gasteiger partial charge < -0.3 is 15.2 Å². The van der Waals surface area contributed by atoms with Crippen LogP contribution in [0.2, 0.25) is 0 Å². The monoisotopic (exact) mass is 310 g/mol. The predicted molar refractivity (Wildman–Crippen MR) is 90.7 cm³/mol. The van der Waals surface area contributed by atoms with Gasteiger partial charge in [0.05, 0.1) is 0 Å². The van der Waals surface area contributed by atoms with Gasteiger partial charge in [-0.2, -0.15) is 11.8 Å². The molecular formula is C14H26N6S. The second-order valence-electron chi connectivity index (χ2n) is 4.68. The topological polar surface area (TPSA) is 67.1 Å². The van der Waals surface area contributed by atoms with Crippen molar-refractivity contribution in [3.8, 4) is 0 Å². The molecule has 2 N–H and O–H groups in total. The van der Waals surface area contributed by atoms with Crippen molar-refractivity contribution in [3.05, 3.63) is 24.3 Å². The van der Waals surface area contributed by atoms with Crippen molar-refractivity contribution in [1.29, 1.82) is 0 Å². The standard InChI is InChI=1S/C14H26N6S/c1-5-8-15-14(16-9-6-7-10-21-4)17-11-13-19-18-12(2)20(13)3/h5H,1,6-11H2,2-4H3,(H2,15,16,17). The number of nitrogens with zero attached hydrogens (tertiary/aromatic N) is 4. The van der Waals surface area contributed by atoms with Gasteiger partial charge in [-0.25, -0.2) is 4.99 Å². The number of hydrogen-bond donors (Lipinski definition) is 2. The largest absolute Gasteiger partial charge is 0.356 e. The first kappa shape index (κ1) is 17.6. The highest BCUT2D eigenvalue weighted by Gasteiger charge is 2.04. The molecule has 0 saturated heterocycles. The highest BCUT2D eigenvalue weighted by molar-refractivity contribution is 7.98. The summed E-state index contributed by atoms with van der Waals surface area (Å²) in [5.74, 6) is 3.74. The molecule has 0 aliphatic heterocycles. The first-order chi connectivity index (χ1) is 10.2. The lowest BCUT2D eigenvalue weighted by Crippen LogP contribution is -2.38. The Labute approximate surface area is 131 Å². The third-order valence-corrected chi connectivity index (χ3v) is 3.74. The molecule has 0 fully saturated rings. The van der Waals surface area contributed by atoms with Gasteiger partial charge in [0.2, 0.25) is 0 Å². The first-order valence-electron chi connectivity index (χ1n) is 7.16. The van der Waals surface area contributed by atoms with E-state index in [1.807, 2.05) is 36.4 Å². The summed E-state index contributed by atoms with van der Waals surface area (Å²) >= 11 is 1.88. The average Bonchev–Trinajstić information content (AvgIpc) is 2.80. The van der Waals surface area contributed by atoms with Gasteiger partial charge in [0.1, 0.15) is 12.4 Å². The van der Waals surface area contributed by atoms with E-state index < -0.39 is 0 Å². The highest BCUT2D eigenvalue weighted by atomic mass is 32.2. The minimum atomic E-state index is 0.509. The van der Waals surface area contributed by atoms with Crippen LogP contribution in [0.25, 0.3) is 0 Å². The molecule has 1 heterocycles. The van der Waals surface area contributed by atoms with E-state index in [1.165, 1.54) is 12.2 Å². The molecule has 6 nitrogen and oxygen atoms in total. The Hall–Kier alpha value is -1.50. The zero-order valence-corrected chi connectivity index (χ0v) is 14.0. The quantitative estimate of drug-likeness (QED) is 0.313. The zero-order valence-electron chi connectivity index (χ0n) is 13.2. The summed E-state index contributed by atoms with van der Waals surface area (Å²) in [4.78, 5) is 4.54. The summed E-state index contributed by atoms with van der Waals surface area (Å²) in [5, 5.41) is 14.7. The van der Waals surface area contributed by atoms with E-state index in [9.17, 15) is 0 Å². The van der Waals surface area contributed by atoms with Crippen molar-refractivity contribution >= 4 is 17.7 Å². The number of aryl methyl sites for hydroxylation is 1. The van der Waals surface area contributed by atoms with Crippen molar-refractivity contribution in [1.82, 2.24) is 25.4 Å². The lowest BCUT2D eigenvalue weighted by atomic mass is 10.3. The molecule has 21 heavy (non-hydrogen) atoms. The molecular weight excluding hydrogens is 284 g/mol. The van der Waals surface area contributed by atoms with E-state index in [4.69, 9.17) is 0 Å². The summed E-state index contributed by atoms with van der Waals surface area (Å²) in [7, 11) is 1.95. The van der Waals surface area contributed by atoms with Crippen LogP contribution >= 0.6 is 11.8 Å². The third kappa shape index (κ3) is 6.66. The molecule has 0 saturated carbocycles. The third-order valence-electron chi connectivity index (χ3n) is 3.04. The Balaban J connectivity index is 2.49. The summed E-state index contributed by atoms with van der Waals surface area (Å²) in [6, 6.07) is 0. The Morgan fingerprint density at radius 1 is 1.38 bits per heavy atom. The van der Waals surface area contributed by atoms with Gasteiger partial charge >= 0.3 is 0 Å². The number of aliphatic imine (C=N–C) groups is 1. The van der Waals surface area contributed by atoms with Crippen molar-refractivity contribution in [2.45, 2.75) is 26.3 Å². The van der Waals surface area contributed by atoms with E-state index in [0.717, 1.165) is 30.6 Å². The zero-order chi connectivity index (χ0) is 15.5. The van der Waals surface area contributed by atoms with Crippen molar-refractivity contribution in [3.63, 3.8) is 0 Å². The molecule has 1 aromatic heterocycles. The number of nitrogens with one attached hydrogen (secondary N) is 2. The lowest BCUT2D eigenvalue weighted by Gasteiger charge is -2.11. The van der Waals surface area contributed by atoms with Crippen LogP contribution in [0.15, 0.2) is 17.6 Å². The molecule has 118 valence electrons. The van der Waals surface area contributed by atoms with Gasteiger partial charge in [-0.15, -0.1) is 16.8 Å². The van der Waals surface area contributed by atoms with Crippen LogP contribution in [0.4, 0.5) is 0 Å². The summed E-state index contributed by atoms with van der Waals surface area (Å²) < 4.78 is 1.95. The molecule has 0 unspecified atom stereocenters. The van der Waals surface area contributed by atoms with Crippen LogP contribution in [0.3, 0.4) is 0 Å². The summed E-state index contributed by atoms with van der Waals surface area (Å²) in [5.41, 5.74) is 0.